The number of hydrogen-bond donors (Lipinski definition) is 0. The van der Waals surface area contributed by atoms with Crippen LogP contribution in [0.15, 0.2) is 0 Å². The molecule has 1 heteroatoms. The lowest BCUT2D eigenvalue weighted by molar-refractivity contribution is -0.0553. The van der Waals surface area contributed by atoms with Crippen LogP contribution in [0, 0.1) is 5.92 Å². The lowest BCUT2D eigenvalue weighted by atomic mass is 9.80. The van der Waals surface area contributed by atoms with Crippen LogP contribution in [0.4, 0.5) is 0 Å². The van der Waals surface area contributed by atoms with Crippen LogP contribution in [0.5, 0.6) is 0 Å². The zero-order chi connectivity index (χ0) is 6.91. The van der Waals surface area contributed by atoms with Gasteiger partial charge in [0.25, 0.3) is 0 Å². The first-order valence-electron chi connectivity index (χ1n) is 3.81. The molecule has 1 rings (SSSR count). The minimum atomic E-state index is -0.600. The third-order valence-electron chi connectivity index (χ3n) is 2.18. The lowest BCUT2D eigenvalue weighted by Gasteiger charge is -2.29. The zero-order valence-corrected chi connectivity index (χ0v) is 6.31. The Morgan fingerprint density at radius 1 is 1.56 bits per heavy atom. The molecule has 1 radical (unpaired) electrons. The molecule has 1 nitrogen and oxygen atoms in total. The van der Waals surface area contributed by atoms with Crippen molar-refractivity contribution in [1.29, 1.82) is 0 Å². The van der Waals surface area contributed by atoms with Crippen molar-refractivity contribution < 1.29 is 5.11 Å². The van der Waals surface area contributed by atoms with Gasteiger partial charge in [-0.1, -0.05) is 19.8 Å². The van der Waals surface area contributed by atoms with E-state index >= 15 is 0 Å². The van der Waals surface area contributed by atoms with Crippen LogP contribution in [-0.2, 0) is 5.11 Å². The summed E-state index contributed by atoms with van der Waals surface area (Å²) in [4.78, 5) is 0. The van der Waals surface area contributed by atoms with Crippen LogP contribution < -0.4 is 0 Å². The lowest BCUT2D eigenvalue weighted by Crippen LogP contribution is -2.29. The number of rotatable bonds is 0. The van der Waals surface area contributed by atoms with E-state index in [1.807, 2.05) is 6.92 Å². The van der Waals surface area contributed by atoms with Crippen molar-refractivity contribution in [2.24, 2.45) is 5.92 Å². The van der Waals surface area contributed by atoms with Gasteiger partial charge in [0, 0.05) is 0 Å². The molecule has 1 fully saturated rings. The molecule has 0 aromatic heterocycles. The van der Waals surface area contributed by atoms with Gasteiger partial charge in [-0.05, 0) is 25.7 Å². The molecule has 0 heterocycles. The first-order valence-corrected chi connectivity index (χ1v) is 3.81. The highest BCUT2D eigenvalue weighted by atomic mass is 16.3. The van der Waals surface area contributed by atoms with Crippen molar-refractivity contribution in [3.63, 3.8) is 0 Å². The second-order valence-electron chi connectivity index (χ2n) is 3.65. The topological polar surface area (TPSA) is 19.9 Å². The first kappa shape index (κ1) is 7.07. The summed E-state index contributed by atoms with van der Waals surface area (Å²) >= 11 is 0. The Morgan fingerprint density at radius 2 is 2.22 bits per heavy atom. The van der Waals surface area contributed by atoms with Gasteiger partial charge < -0.3 is 0 Å². The highest BCUT2D eigenvalue weighted by molar-refractivity contribution is 4.79. The molecule has 53 valence electrons. The average molecular weight is 127 g/mol. The molecule has 0 spiro atoms. The van der Waals surface area contributed by atoms with E-state index in [0.717, 1.165) is 19.3 Å². The van der Waals surface area contributed by atoms with Gasteiger partial charge in [-0.25, -0.2) is 5.11 Å². The summed E-state index contributed by atoms with van der Waals surface area (Å²) in [6.45, 7) is 4.01. The van der Waals surface area contributed by atoms with Crippen LogP contribution in [0.25, 0.3) is 0 Å². The van der Waals surface area contributed by atoms with Crippen molar-refractivity contribution >= 4 is 0 Å². The van der Waals surface area contributed by atoms with Crippen LogP contribution in [0.2, 0.25) is 0 Å². The summed E-state index contributed by atoms with van der Waals surface area (Å²) in [5.74, 6) is 0.668. The van der Waals surface area contributed by atoms with E-state index in [0.29, 0.717) is 5.92 Å². The Kier molecular flexibility index (Phi) is 1.80. The van der Waals surface area contributed by atoms with Crippen molar-refractivity contribution in [3.05, 3.63) is 0 Å². The first-order chi connectivity index (χ1) is 4.10. The van der Waals surface area contributed by atoms with E-state index in [2.05, 4.69) is 6.92 Å². The molecule has 1 aliphatic rings. The van der Waals surface area contributed by atoms with Crippen LogP contribution in [0.1, 0.15) is 39.5 Å². The van der Waals surface area contributed by atoms with Crippen LogP contribution in [-0.4, -0.2) is 5.60 Å². The molecule has 0 saturated heterocycles. The summed E-state index contributed by atoms with van der Waals surface area (Å²) in [7, 11) is 0. The smallest absolute Gasteiger partial charge is 0.101 e. The molecule has 0 aromatic rings. The summed E-state index contributed by atoms with van der Waals surface area (Å²) in [5.41, 5.74) is -0.600. The summed E-state index contributed by atoms with van der Waals surface area (Å²) in [6, 6.07) is 0. The minimum absolute atomic E-state index is 0.600. The van der Waals surface area contributed by atoms with Gasteiger partial charge in [-0.3, -0.25) is 0 Å². The van der Waals surface area contributed by atoms with Gasteiger partial charge >= 0.3 is 0 Å². The molecule has 0 aliphatic heterocycles. The molecule has 2 atom stereocenters. The van der Waals surface area contributed by atoms with E-state index in [-0.39, 0.29) is 0 Å². The molecule has 1 aliphatic carbocycles. The Hall–Kier alpha value is -0.0400. The third-order valence-corrected chi connectivity index (χ3v) is 2.18. The predicted molar refractivity (Wildman–Crippen MR) is 36.7 cm³/mol. The maximum Gasteiger partial charge on any atom is 0.101 e. The second-order valence-corrected chi connectivity index (χ2v) is 3.65. The Morgan fingerprint density at radius 3 is 2.56 bits per heavy atom. The fraction of sp³-hybridized carbons (Fsp3) is 1.00. The molecule has 9 heavy (non-hydrogen) atoms. The minimum Gasteiger partial charge on any atom is -0.230 e. The Bertz CT molecular complexity index is 96.7. The van der Waals surface area contributed by atoms with E-state index in [1.165, 1.54) is 6.42 Å². The van der Waals surface area contributed by atoms with Gasteiger partial charge in [-0.2, -0.15) is 0 Å². The van der Waals surface area contributed by atoms with Gasteiger partial charge in [0.1, 0.15) is 5.60 Å². The molecular formula is C8H15O. The van der Waals surface area contributed by atoms with Crippen molar-refractivity contribution in [2.75, 3.05) is 0 Å². The molecule has 0 aromatic carbocycles. The van der Waals surface area contributed by atoms with E-state index < -0.39 is 5.60 Å². The van der Waals surface area contributed by atoms with Gasteiger partial charge in [0.05, 0.1) is 0 Å². The van der Waals surface area contributed by atoms with Crippen molar-refractivity contribution in [1.82, 2.24) is 0 Å². The SMILES string of the molecule is CC1CCCC(C)([O])C1. The summed E-state index contributed by atoms with van der Waals surface area (Å²) < 4.78 is 0. The molecule has 2 unspecified atom stereocenters. The van der Waals surface area contributed by atoms with E-state index in [9.17, 15) is 5.11 Å². The highest BCUT2D eigenvalue weighted by Gasteiger charge is 2.28. The molecule has 1 saturated carbocycles. The quantitative estimate of drug-likeness (QED) is 0.476. The number of hydrogen-bond acceptors (Lipinski definition) is 0. The normalized spacial score (nSPS) is 45.0. The van der Waals surface area contributed by atoms with Gasteiger partial charge in [0.2, 0.25) is 0 Å². The van der Waals surface area contributed by atoms with Crippen LogP contribution in [0.3, 0.4) is 0 Å². The van der Waals surface area contributed by atoms with Gasteiger partial charge in [0.15, 0.2) is 0 Å². The van der Waals surface area contributed by atoms with Crippen molar-refractivity contribution in [2.45, 2.75) is 45.1 Å². The maximum absolute atomic E-state index is 11.3. The summed E-state index contributed by atoms with van der Waals surface area (Å²) in [6.07, 6.45) is 4.17. The fourth-order valence-corrected chi connectivity index (χ4v) is 1.77. The molecule has 0 amide bonds. The molecular weight excluding hydrogens is 112 g/mol. The van der Waals surface area contributed by atoms with Crippen molar-refractivity contribution in [3.8, 4) is 0 Å². The Labute approximate surface area is 57.1 Å². The predicted octanol–water partition coefficient (Wildman–Crippen LogP) is 2.39. The van der Waals surface area contributed by atoms with E-state index in [1.54, 1.807) is 0 Å². The Balaban J connectivity index is 2.41. The average Bonchev–Trinajstić information content (AvgIpc) is 1.60. The fourth-order valence-electron chi connectivity index (χ4n) is 1.77. The molecule has 0 N–H and O–H groups in total. The summed E-state index contributed by atoms with van der Waals surface area (Å²) in [5, 5.41) is 11.3. The highest BCUT2D eigenvalue weighted by Crippen LogP contribution is 2.31. The molecule has 0 bridgehead atoms. The maximum atomic E-state index is 11.3. The van der Waals surface area contributed by atoms with E-state index in [4.69, 9.17) is 0 Å². The van der Waals surface area contributed by atoms with Gasteiger partial charge in [-0.15, -0.1) is 0 Å². The van der Waals surface area contributed by atoms with Crippen LogP contribution >= 0.6 is 0 Å². The zero-order valence-electron chi connectivity index (χ0n) is 6.31. The monoisotopic (exact) mass is 127 g/mol. The standard InChI is InChI=1S/C8H15O/c1-7-4-3-5-8(2,9)6-7/h7H,3-6H2,1-2H3. The second kappa shape index (κ2) is 2.30. The third kappa shape index (κ3) is 1.98. The largest absolute Gasteiger partial charge is 0.230 e.